The molecule has 0 radical (unpaired) electrons. The van der Waals surface area contributed by atoms with E-state index in [1.165, 1.54) is 6.07 Å². The summed E-state index contributed by atoms with van der Waals surface area (Å²) in [5.74, 6) is 0. The Balaban J connectivity index is 3.41. The van der Waals surface area contributed by atoms with E-state index in [2.05, 4.69) is 17.2 Å². The average Bonchev–Trinajstić information content (AvgIpc) is 2.01. The van der Waals surface area contributed by atoms with Gasteiger partial charge in [-0.15, -0.1) is 0 Å². The summed E-state index contributed by atoms with van der Waals surface area (Å²) in [5, 5.41) is 8.40. The van der Waals surface area contributed by atoms with Gasteiger partial charge in [0.2, 0.25) is 0 Å². The summed E-state index contributed by atoms with van der Waals surface area (Å²) in [6.45, 7) is 0. The second kappa shape index (κ2) is 3.18. The van der Waals surface area contributed by atoms with Gasteiger partial charge in [-0.1, -0.05) is 12.2 Å². The van der Waals surface area contributed by atoms with E-state index in [0.717, 1.165) is 6.07 Å². The van der Waals surface area contributed by atoms with Crippen LogP contribution in [0.1, 0.15) is 11.1 Å². The fourth-order valence-corrected chi connectivity index (χ4v) is 0.975. The summed E-state index contributed by atoms with van der Waals surface area (Å²) in [5.41, 5.74) is -1.46. The van der Waals surface area contributed by atoms with Gasteiger partial charge < -0.3 is 4.98 Å². The van der Waals surface area contributed by atoms with Gasteiger partial charge in [0.15, 0.2) is 0 Å². The number of aromatic nitrogens is 1. The Labute approximate surface area is 76.6 Å². The third-order valence-electron chi connectivity index (χ3n) is 1.35. The standard InChI is InChI=1S/C7H3F3N2S/c8-7(9,10)5-3-12-6(13)1-4(5)2-11/h1,3H,(H,12,13). The van der Waals surface area contributed by atoms with E-state index in [9.17, 15) is 13.2 Å². The maximum atomic E-state index is 12.2. The second-order valence-electron chi connectivity index (χ2n) is 2.23. The minimum atomic E-state index is -4.52. The topological polar surface area (TPSA) is 39.6 Å². The van der Waals surface area contributed by atoms with Crippen LogP contribution in [-0.2, 0) is 6.18 Å². The van der Waals surface area contributed by atoms with Gasteiger partial charge in [0.1, 0.15) is 4.64 Å². The lowest BCUT2D eigenvalue weighted by atomic mass is 10.1. The monoisotopic (exact) mass is 204 g/mol. The number of pyridine rings is 1. The molecule has 0 unspecified atom stereocenters. The third-order valence-corrected chi connectivity index (χ3v) is 1.59. The zero-order valence-corrected chi connectivity index (χ0v) is 6.96. The number of hydrogen-bond acceptors (Lipinski definition) is 2. The van der Waals surface area contributed by atoms with Gasteiger partial charge in [0.05, 0.1) is 17.2 Å². The fourth-order valence-electron chi connectivity index (χ4n) is 0.799. The lowest BCUT2D eigenvalue weighted by Crippen LogP contribution is -2.08. The molecule has 13 heavy (non-hydrogen) atoms. The first kappa shape index (κ1) is 9.74. The molecular formula is C7H3F3N2S. The fraction of sp³-hybridized carbons (Fsp3) is 0.143. The lowest BCUT2D eigenvalue weighted by molar-refractivity contribution is -0.138. The van der Waals surface area contributed by atoms with Crippen LogP contribution in [0.15, 0.2) is 12.3 Å². The number of nitriles is 1. The Bertz CT molecular complexity index is 413. The second-order valence-corrected chi connectivity index (χ2v) is 2.67. The molecule has 1 rings (SSSR count). The van der Waals surface area contributed by atoms with Gasteiger partial charge >= 0.3 is 6.18 Å². The van der Waals surface area contributed by atoms with Crippen LogP contribution in [-0.4, -0.2) is 4.98 Å². The lowest BCUT2D eigenvalue weighted by Gasteiger charge is -2.06. The van der Waals surface area contributed by atoms with Crippen molar-refractivity contribution in [3.63, 3.8) is 0 Å². The molecule has 0 saturated heterocycles. The highest BCUT2D eigenvalue weighted by molar-refractivity contribution is 7.71. The molecule has 1 aromatic heterocycles. The summed E-state index contributed by atoms with van der Waals surface area (Å²) in [4.78, 5) is 2.22. The van der Waals surface area contributed by atoms with Gasteiger partial charge in [-0.05, 0) is 6.07 Å². The molecule has 1 aromatic rings. The molecular weight excluding hydrogens is 201 g/mol. The largest absolute Gasteiger partial charge is 0.419 e. The van der Waals surface area contributed by atoms with Crippen molar-refractivity contribution in [2.24, 2.45) is 0 Å². The quantitative estimate of drug-likeness (QED) is 0.660. The summed E-state index contributed by atoms with van der Waals surface area (Å²) >= 11 is 4.57. The molecule has 1 N–H and O–H groups in total. The van der Waals surface area contributed by atoms with Crippen molar-refractivity contribution >= 4 is 12.2 Å². The SMILES string of the molecule is N#Cc1cc(=S)[nH]cc1C(F)(F)F. The highest BCUT2D eigenvalue weighted by Gasteiger charge is 2.33. The molecule has 0 spiro atoms. The normalized spacial score (nSPS) is 10.9. The maximum Gasteiger partial charge on any atom is 0.419 e. The first-order valence-corrected chi connectivity index (χ1v) is 3.56. The molecule has 0 bridgehead atoms. The molecule has 0 amide bonds. The van der Waals surface area contributed by atoms with Crippen LogP contribution in [0, 0.1) is 16.0 Å². The highest BCUT2D eigenvalue weighted by Crippen LogP contribution is 2.30. The van der Waals surface area contributed by atoms with Crippen LogP contribution in [0.2, 0.25) is 0 Å². The summed E-state index contributed by atoms with van der Waals surface area (Å²) < 4.78 is 36.6. The third kappa shape index (κ3) is 2.06. The smallest absolute Gasteiger partial charge is 0.352 e. The number of nitrogens with zero attached hydrogens (tertiary/aromatic N) is 1. The Morgan fingerprint density at radius 1 is 1.46 bits per heavy atom. The molecule has 0 atom stereocenters. The minimum absolute atomic E-state index is 0.101. The zero-order valence-electron chi connectivity index (χ0n) is 6.14. The van der Waals surface area contributed by atoms with E-state index in [1.54, 1.807) is 0 Å². The molecule has 6 heteroatoms. The van der Waals surface area contributed by atoms with E-state index in [4.69, 9.17) is 5.26 Å². The summed E-state index contributed by atoms with van der Waals surface area (Å²) in [6, 6.07) is 2.42. The van der Waals surface area contributed by atoms with Crippen LogP contribution >= 0.6 is 12.2 Å². The number of nitrogens with one attached hydrogen (secondary N) is 1. The van der Waals surface area contributed by atoms with Crippen LogP contribution in [0.25, 0.3) is 0 Å². The van der Waals surface area contributed by atoms with Crippen molar-refractivity contribution in [3.8, 4) is 6.07 Å². The van der Waals surface area contributed by atoms with E-state index in [1.807, 2.05) is 0 Å². The summed E-state index contributed by atoms with van der Waals surface area (Å²) in [6.07, 6.45) is -3.83. The van der Waals surface area contributed by atoms with Crippen molar-refractivity contribution in [1.29, 1.82) is 5.26 Å². The van der Waals surface area contributed by atoms with Crippen LogP contribution < -0.4 is 0 Å². The molecule has 0 saturated carbocycles. The predicted octanol–water partition coefficient (Wildman–Crippen LogP) is 2.63. The molecule has 68 valence electrons. The van der Waals surface area contributed by atoms with Crippen molar-refractivity contribution < 1.29 is 13.2 Å². The Morgan fingerprint density at radius 3 is 2.54 bits per heavy atom. The number of rotatable bonds is 0. The molecule has 0 aliphatic carbocycles. The van der Waals surface area contributed by atoms with Crippen LogP contribution in [0.3, 0.4) is 0 Å². The maximum absolute atomic E-state index is 12.2. The number of alkyl halides is 3. The van der Waals surface area contributed by atoms with Crippen molar-refractivity contribution in [1.82, 2.24) is 4.98 Å². The van der Waals surface area contributed by atoms with Crippen molar-refractivity contribution in [3.05, 3.63) is 28.0 Å². The van der Waals surface area contributed by atoms with Crippen molar-refractivity contribution in [2.45, 2.75) is 6.18 Å². The van der Waals surface area contributed by atoms with Gasteiger partial charge in [0.25, 0.3) is 0 Å². The molecule has 0 aromatic carbocycles. The molecule has 1 heterocycles. The van der Waals surface area contributed by atoms with Crippen molar-refractivity contribution in [2.75, 3.05) is 0 Å². The van der Waals surface area contributed by atoms with Crippen LogP contribution in [0.5, 0.6) is 0 Å². The summed E-state index contributed by atoms with van der Waals surface area (Å²) in [7, 11) is 0. The van der Waals surface area contributed by atoms with E-state index >= 15 is 0 Å². The minimum Gasteiger partial charge on any atom is -0.352 e. The van der Waals surface area contributed by atoms with E-state index in [-0.39, 0.29) is 4.64 Å². The van der Waals surface area contributed by atoms with Crippen LogP contribution in [0.4, 0.5) is 13.2 Å². The molecule has 2 nitrogen and oxygen atoms in total. The van der Waals surface area contributed by atoms with E-state index < -0.39 is 17.3 Å². The number of hydrogen-bond donors (Lipinski definition) is 1. The average molecular weight is 204 g/mol. The predicted molar refractivity (Wildman–Crippen MR) is 41.3 cm³/mol. The number of H-pyrrole nitrogens is 1. The molecule has 0 aliphatic rings. The number of halogens is 3. The Morgan fingerprint density at radius 2 is 2.08 bits per heavy atom. The molecule has 0 fully saturated rings. The van der Waals surface area contributed by atoms with Gasteiger partial charge in [-0.2, -0.15) is 18.4 Å². The highest BCUT2D eigenvalue weighted by atomic mass is 32.1. The zero-order chi connectivity index (χ0) is 10.1. The molecule has 0 aliphatic heterocycles. The van der Waals surface area contributed by atoms with Gasteiger partial charge in [-0.25, -0.2) is 0 Å². The Kier molecular flexibility index (Phi) is 2.38. The Hall–Kier alpha value is -1.35. The number of aromatic amines is 1. The van der Waals surface area contributed by atoms with E-state index in [0.29, 0.717) is 6.20 Å². The van der Waals surface area contributed by atoms with Gasteiger partial charge in [0, 0.05) is 6.20 Å². The van der Waals surface area contributed by atoms with Gasteiger partial charge in [-0.3, -0.25) is 0 Å². The first-order chi connectivity index (χ1) is 5.95. The first-order valence-electron chi connectivity index (χ1n) is 3.15.